The van der Waals surface area contributed by atoms with Crippen molar-refractivity contribution in [3.8, 4) is 0 Å². The number of ether oxygens (including phenoxy) is 1. The van der Waals surface area contributed by atoms with Gasteiger partial charge in [0.05, 0.1) is 6.61 Å². The molecule has 20 heavy (non-hydrogen) atoms. The summed E-state index contributed by atoms with van der Waals surface area (Å²) in [5.74, 6) is 0.146. The summed E-state index contributed by atoms with van der Waals surface area (Å²) in [6.07, 6.45) is 0.479. The summed E-state index contributed by atoms with van der Waals surface area (Å²) in [7, 11) is -3.53. The van der Waals surface area contributed by atoms with Crippen molar-refractivity contribution in [2.24, 2.45) is 5.92 Å². The van der Waals surface area contributed by atoms with Gasteiger partial charge in [-0.2, -0.15) is 0 Å². The molecule has 0 saturated heterocycles. The molecule has 0 bridgehead atoms. The van der Waals surface area contributed by atoms with Crippen LogP contribution in [-0.2, 0) is 21.2 Å². The number of aliphatic hydroxyl groups excluding tert-OH is 1. The van der Waals surface area contributed by atoms with E-state index in [4.69, 9.17) is 9.84 Å². The van der Waals surface area contributed by atoms with Crippen molar-refractivity contribution in [1.29, 1.82) is 0 Å². The summed E-state index contributed by atoms with van der Waals surface area (Å²) in [5, 5.41) is 8.87. The third-order valence-corrected chi connectivity index (χ3v) is 6.00. The van der Waals surface area contributed by atoms with E-state index in [0.717, 1.165) is 4.88 Å². The summed E-state index contributed by atoms with van der Waals surface area (Å²) in [4.78, 5) is 0.860. The molecule has 1 unspecified atom stereocenters. The Bertz CT molecular complexity index is 496. The van der Waals surface area contributed by atoms with Crippen LogP contribution < -0.4 is 4.72 Å². The van der Waals surface area contributed by atoms with Gasteiger partial charge in [-0.25, -0.2) is 13.1 Å². The van der Waals surface area contributed by atoms with Gasteiger partial charge >= 0.3 is 0 Å². The molecular formula is C13H23NO4S2. The van der Waals surface area contributed by atoms with Crippen molar-refractivity contribution in [3.05, 3.63) is 17.0 Å². The Morgan fingerprint density at radius 1 is 1.40 bits per heavy atom. The van der Waals surface area contributed by atoms with Gasteiger partial charge in [0.1, 0.15) is 4.21 Å². The highest BCUT2D eigenvalue weighted by atomic mass is 32.2. The Morgan fingerprint density at radius 3 is 2.65 bits per heavy atom. The van der Waals surface area contributed by atoms with Crippen molar-refractivity contribution in [3.63, 3.8) is 0 Å². The minimum Gasteiger partial charge on any atom is -0.396 e. The van der Waals surface area contributed by atoms with Crippen molar-refractivity contribution >= 4 is 21.4 Å². The van der Waals surface area contributed by atoms with Crippen LogP contribution >= 0.6 is 11.3 Å². The van der Waals surface area contributed by atoms with Crippen LogP contribution in [0.3, 0.4) is 0 Å². The Balaban J connectivity index is 2.80. The first kappa shape index (κ1) is 17.6. The Labute approximate surface area is 125 Å². The molecule has 0 spiro atoms. The van der Waals surface area contributed by atoms with E-state index in [1.807, 2.05) is 20.8 Å². The summed E-state index contributed by atoms with van der Waals surface area (Å²) in [5.41, 5.74) is 0. The fraction of sp³-hybridized carbons (Fsp3) is 0.692. The molecule has 0 amide bonds. The number of sulfonamides is 1. The third-order valence-electron chi connectivity index (χ3n) is 2.87. The lowest BCUT2D eigenvalue weighted by molar-refractivity contribution is 0.116. The molecule has 1 aromatic rings. The molecule has 1 atom stereocenters. The van der Waals surface area contributed by atoms with Gasteiger partial charge < -0.3 is 9.84 Å². The molecule has 5 nitrogen and oxygen atoms in total. The van der Waals surface area contributed by atoms with Crippen molar-refractivity contribution in [2.45, 2.75) is 37.4 Å². The van der Waals surface area contributed by atoms with E-state index in [0.29, 0.717) is 19.6 Å². The van der Waals surface area contributed by atoms with E-state index in [-0.39, 0.29) is 22.8 Å². The smallest absolute Gasteiger partial charge is 0.250 e. The number of rotatable bonds is 9. The maximum absolute atomic E-state index is 12.3. The number of hydrogen-bond acceptors (Lipinski definition) is 5. The molecule has 1 rings (SSSR count). The summed E-state index contributed by atoms with van der Waals surface area (Å²) >= 11 is 1.19. The van der Waals surface area contributed by atoms with Gasteiger partial charge in [0.25, 0.3) is 0 Å². The molecule has 116 valence electrons. The lowest BCUT2D eigenvalue weighted by atomic mass is 10.1. The van der Waals surface area contributed by atoms with Gasteiger partial charge in [0.15, 0.2) is 0 Å². The maximum Gasteiger partial charge on any atom is 0.250 e. The molecule has 0 saturated carbocycles. The predicted molar refractivity (Wildman–Crippen MR) is 80.5 cm³/mol. The Kier molecular flexibility index (Phi) is 7.11. The van der Waals surface area contributed by atoms with Gasteiger partial charge in [-0.3, -0.25) is 0 Å². The van der Waals surface area contributed by atoms with Crippen LogP contribution in [0.2, 0.25) is 0 Å². The van der Waals surface area contributed by atoms with Crippen LogP contribution in [0.4, 0.5) is 0 Å². The van der Waals surface area contributed by atoms with Crippen LogP contribution in [0.25, 0.3) is 0 Å². The predicted octanol–water partition coefficient (Wildman–Crippen LogP) is 1.62. The Morgan fingerprint density at radius 2 is 2.10 bits per heavy atom. The fourth-order valence-electron chi connectivity index (χ4n) is 1.61. The van der Waals surface area contributed by atoms with Crippen molar-refractivity contribution < 1.29 is 18.3 Å². The Hall–Kier alpha value is -0.470. The average molecular weight is 321 g/mol. The van der Waals surface area contributed by atoms with Crippen molar-refractivity contribution in [2.75, 3.05) is 19.8 Å². The fourth-order valence-corrected chi connectivity index (χ4v) is 4.34. The molecule has 7 heteroatoms. The zero-order chi connectivity index (χ0) is 15.2. The second-order valence-electron chi connectivity index (χ2n) is 4.83. The first-order valence-electron chi connectivity index (χ1n) is 6.70. The molecule has 0 aliphatic heterocycles. The molecular weight excluding hydrogens is 298 g/mol. The van der Waals surface area contributed by atoms with Gasteiger partial charge in [-0.1, -0.05) is 13.8 Å². The van der Waals surface area contributed by atoms with Crippen LogP contribution in [0.1, 0.15) is 25.6 Å². The molecule has 0 fully saturated rings. The quantitative estimate of drug-likeness (QED) is 0.725. The molecule has 0 aliphatic rings. The highest BCUT2D eigenvalue weighted by Crippen LogP contribution is 2.22. The topological polar surface area (TPSA) is 75.6 Å². The summed E-state index contributed by atoms with van der Waals surface area (Å²) < 4.78 is 32.9. The average Bonchev–Trinajstić information content (AvgIpc) is 2.84. The molecule has 2 N–H and O–H groups in total. The van der Waals surface area contributed by atoms with Crippen molar-refractivity contribution in [1.82, 2.24) is 4.72 Å². The lowest BCUT2D eigenvalue weighted by Gasteiger charge is -2.21. The highest BCUT2D eigenvalue weighted by molar-refractivity contribution is 7.91. The second kappa shape index (κ2) is 8.09. The first-order valence-corrected chi connectivity index (χ1v) is 9.00. The largest absolute Gasteiger partial charge is 0.396 e. The number of hydrogen-bond donors (Lipinski definition) is 2. The number of nitrogens with one attached hydrogen (secondary N) is 1. The molecule has 0 aromatic carbocycles. The van der Waals surface area contributed by atoms with Gasteiger partial charge in [-0.05, 0) is 25.0 Å². The minimum atomic E-state index is -3.53. The monoisotopic (exact) mass is 321 g/mol. The summed E-state index contributed by atoms with van der Waals surface area (Å²) in [6.45, 7) is 6.74. The summed E-state index contributed by atoms with van der Waals surface area (Å²) in [6, 6.07) is 3.07. The second-order valence-corrected chi connectivity index (χ2v) is 7.93. The van der Waals surface area contributed by atoms with Gasteiger partial charge in [-0.15, -0.1) is 11.3 Å². The lowest BCUT2D eigenvalue weighted by Crippen LogP contribution is -2.41. The van der Waals surface area contributed by atoms with Crippen LogP contribution in [0, 0.1) is 5.92 Å². The molecule has 0 aliphatic carbocycles. The standard InChI is InChI=1S/C13H23NO4S2/c1-4-18-9-12(10(2)3)14-20(16,17)13-6-5-11(19-13)7-8-15/h5-6,10,12,14-15H,4,7-9H2,1-3H3. The highest BCUT2D eigenvalue weighted by Gasteiger charge is 2.24. The van der Waals surface area contributed by atoms with Crippen LogP contribution in [-0.4, -0.2) is 39.4 Å². The number of thiophene rings is 1. The number of aliphatic hydroxyl groups is 1. The molecule has 0 radical (unpaired) electrons. The van der Waals surface area contributed by atoms with Crippen LogP contribution in [0.15, 0.2) is 16.3 Å². The molecule has 1 aromatic heterocycles. The minimum absolute atomic E-state index is 0.0202. The van der Waals surface area contributed by atoms with E-state index < -0.39 is 10.0 Å². The maximum atomic E-state index is 12.3. The third kappa shape index (κ3) is 5.14. The van der Waals surface area contributed by atoms with Crippen LogP contribution in [0.5, 0.6) is 0 Å². The van der Waals surface area contributed by atoms with E-state index in [1.165, 1.54) is 11.3 Å². The normalized spacial score (nSPS) is 13.8. The van der Waals surface area contributed by atoms with E-state index in [1.54, 1.807) is 12.1 Å². The zero-order valence-corrected chi connectivity index (χ0v) is 13.8. The van der Waals surface area contributed by atoms with Gasteiger partial charge in [0, 0.05) is 30.6 Å². The SMILES string of the molecule is CCOCC(NS(=O)(=O)c1ccc(CCO)s1)C(C)C. The first-order chi connectivity index (χ1) is 9.40. The van der Waals surface area contributed by atoms with E-state index in [2.05, 4.69) is 4.72 Å². The van der Waals surface area contributed by atoms with E-state index in [9.17, 15) is 8.42 Å². The van der Waals surface area contributed by atoms with E-state index >= 15 is 0 Å². The van der Waals surface area contributed by atoms with Gasteiger partial charge in [0.2, 0.25) is 10.0 Å². The molecule has 1 heterocycles. The zero-order valence-electron chi connectivity index (χ0n) is 12.1.